The fraction of sp³-hybridized carbons (Fsp3) is 0.222. The number of carbonyl (C=O) groups excluding carboxylic acids is 1. The molecule has 3 aliphatic rings. The summed E-state index contributed by atoms with van der Waals surface area (Å²) in [6.45, 7) is 2.22. The van der Waals surface area contributed by atoms with Crippen molar-refractivity contribution in [2.24, 2.45) is 5.10 Å². The highest BCUT2D eigenvalue weighted by atomic mass is 16.7. The Labute approximate surface area is 143 Å². The molecule has 3 heterocycles. The molecule has 3 aliphatic heterocycles. The summed E-state index contributed by atoms with van der Waals surface area (Å²) in [4.78, 5) is 12.3. The van der Waals surface area contributed by atoms with E-state index in [2.05, 4.69) is 10.5 Å². The molecule has 126 valence electrons. The van der Waals surface area contributed by atoms with Crippen molar-refractivity contribution in [1.29, 1.82) is 0 Å². The SMILES string of the molecule is CC1C(=O)NN=C(c2ccc3c(c2)OCO3)c2cc3c(cc21)OCO3. The predicted molar refractivity (Wildman–Crippen MR) is 87.3 cm³/mol. The van der Waals surface area contributed by atoms with E-state index in [0.717, 1.165) is 16.7 Å². The van der Waals surface area contributed by atoms with Gasteiger partial charge in [-0.05, 0) is 42.8 Å². The van der Waals surface area contributed by atoms with Gasteiger partial charge in [0.2, 0.25) is 19.5 Å². The van der Waals surface area contributed by atoms with E-state index in [-0.39, 0.29) is 25.4 Å². The fourth-order valence-electron chi connectivity index (χ4n) is 3.19. The Balaban J connectivity index is 1.70. The van der Waals surface area contributed by atoms with Gasteiger partial charge >= 0.3 is 0 Å². The summed E-state index contributed by atoms with van der Waals surface area (Å²) in [6.07, 6.45) is 0. The zero-order chi connectivity index (χ0) is 17.0. The molecule has 2 aromatic rings. The Morgan fingerprint density at radius 2 is 1.64 bits per heavy atom. The summed E-state index contributed by atoms with van der Waals surface area (Å²) >= 11 is 0. The average molecular weight is 338 g/mol. The number of hydrogen-bond donors (Lipinski definition) is 1. The van der Waals surface area contributed by atoms with E-state index in [0.29, 0.717) is 28.7 Å². The lowest BCUT2D eigenvalue weighted by Crippen LogP contribution is -2.22. The van der Waals surface area contributed by atoms with Crippen LogP contribution in [0.3, 0.4) is 0 Å². The molecule has 0 fully saturated rings. The molecular formula is C18H14N2O5. The molecular weight excluding hydrogens is 324 g/mol. The maximum absolute atomic E-state index is 12.3. The molecule has 1 amide bonds. The zero-order valence-corrected chi connectivity index (χ0v) is 13.4. The number of benzene rings is 2. The van der Waals surface area contributed by atoms with E-state index in [1.165, 1.54) is 0 Å². The van der Waals surface area contributed by atoms with Crippen LogP contribution in [0.15, 0.2) is 35.4 Å². The van der Waals surface area contributed by atoms with Crippen LogP contribution in [0.2, 0.25) is 0 Å². The van der Waals surface area contributed by atoms with E-state index < -0.39 is 0 Å². The molecule has 2 aromatic carbocycles. The largest absolute Gasteiger partial charge is 0.454 e. The number of fused-ring (bicyclic) bond motifs is 3. The Bertz CT molecular complexity index is 937. The molecule has 0 spiro atoms. The smallest absolute Gasteiger partial charge is 0.247 e. The third kappa shape index (κ3) is 2.12. The fourth-order valence-corrected chi connectivity index (χ4v) is 3.19. The zero-order valence-electron chi connectivity index (χ0n) is 13.4. The van der Waals surface area contributed by atoms with E-state index >= 15 is 0 Å². The van der Waals surface area contributed by atoms with Gasteiger partial charge < -0.3 is 18.9 Å². The van der Waals surface area contributed by atoms with Crippen LogP contribution in [-0.2, 0) is 4.79 Å². The van der Waals surface area contributed by atoms with E-state index in [1.54, 1.807) is 0 Å². The summed E-state index contributed by atoms with van der Waals surface area (Å²) in [5.74, 6) is 2.11. The van der Waals surface area contributed by atoms with Crippen LogP contribution in [0.5, 0.6) is 23.0 Å². The van der Waals surface area contributed by atoms with Gasteiger partial charge in [-0.15, -0.1) is 0 Å². The summed E-state index contributed by atoms with van der Waals surface area (Å²) in [5.41, 5.74) is 5.76. The van der Waals surface area contributed by atoms with Crippen molar-refractivity contribution in [2.75, 3.05) is 13.6 Å². The molecule has 7 heteroatoms. The van der Waals surface area contributed by atoms with Gasteiger partial charge in [-0.3, -0.25) is 4.79 Å². The minimum absolute atomic E-state index is 0.171. The lowest BCUT2D eigenvalue weighted by atomic mass is 9.90. The molecule has 0 aliphatic carbocycles. The Kier molecular flexibility index (Phi) is 2.91. The standard InChI is InChI=1S/C18H14N2O5/c1-9-11-5-15-16(25-8-24-15)6-12(11)17(19-20-18(9)21)10-2-3-13-14(4-10)23-7-22-13/h2-6,9H,7-8H2,1H3,(H,20,21). The number of hydrogen-bond acceptors (Lipinski definition) is 6. The lowest BCUT2D eigenvalue weighted by molar-refractivity contribution is -0.122. The van der Waals surface area contributed by atoms with E-state index in [9.17, 15) is 4.79 Å². The predicted octanol–water partition coefficient (Wildman–Crippen LogP) is 2.13. The first kappa shape index (κ1) is 14.2. The minimum atomic E-state index is -0.361. The molecule has 0 bridgehead atoms. The second kappa shape index (κ2) is 5.14. The van der Waals surface area contributed by atoms with Crippen molar-refractivity contribution >= 4 is 11.6 Å². The number of hydrazone groups is 1. The second-order valence-electron chi connectivity index (χ2n) is 6.02. The Morgan fingerprint density at radius 3 is 2.44 bits per heavy atom. The summed E-state index contributed by atoms with van der Waals surface area (Å²) < 4.78 is 21.8. The number of carbonyl (C=O) groups is 1. The average Bonchev–Trinajstić information content (AvgIpc) is 3.25. The van der Waals surface area contributed by atoms with Crippen LogP contribution in [0.25, 0.3) is 0 Å². The maximum Gasteiger partial charge on any atom is 0.247 e. The number of amides is 1. The van der Waals surface area contributed by atoms with Gasteiger partial charge in [0.1, 0.15) is 0 Å². The molecule has 1 N–H and O–H groups in total. The summed E-state index contributed by atoms with van der Waals surface area (Å²) in [5, 5.41) is 4.34. The number of ether oxygens (including phenoxy) is 4. The van der Waals surface area contributed by atoms with Crippen molar-refractivity contribution in [1.82, 2.24) is 5.43 Å². The highest BCUT2D eigenvalue weighted by Gasteiger charge is 2.29. The number of nitrogens with zero attached hydrogens (tertiary/aromatic N) is 1. The van der Waals surface area contributed by atoms with Crippen LogP contribution < -0.4 is 24.4 Å². The van der Waals surface area contributed by atoms with Crippen molar-refractivity contribution in [3.05, 3.63) is 47.0 Å². The van der Waals surface area contributed by atoms with Crippen molar-refractivity contribution < 1.29 is 23.7 Å². The van der Waals surface area contributed by atoms with E-state index in [4.69, 9.17) is 18.9 Å². The molecule has 0 saturated heterocycles. The van der Waals surface area contributed by atoms with Gasteiger partial charge in [0.15, 0.2) is 23.0 Å². The van der Waals surface area contributed by atoms with Gasteiger partial charge in [-0.1, -0.05) is 0 Å². The first-order valence-electron chi connectivity index (χ1n) is 7.92. The van der Waals surface area contributed by atoms with Crippen molar-refractivity contribution in [3.8, 4) is 23.0 Å². The summed E-state index contributed by atoms with van der Waals surface area (Å²) in [6, 6.07) is 9.32. The van der Waals surface area contributed by atoms with Crippen LogP contribution >= 0.6 is 0 Å². The van der Waals surface area contributed by atoms with Crippen LogP contribution in [-0.4, -0.2) is 25.2 Å². The Morgan fingerprint density at radius 1 is 0.960 bits per heavy atom. The van der Waals surface area contributed by atoms with Gasteiger partial charge in [0, 0.05) is 11.1 Å². The normalized spacial score (nSPS) is 19.8. The van der Waals surface area contributed by atoms with Crippen molar-refractivity contribution in [2.45, 2.75) is 12.8 Å². The molecule has 25 heavy (non-hydrogen) atoms. The number of nitrogens with one attached hydrogen (secondary N) is 1. The molecule has 7 nitrogen and oxygen atoms in total. The molecule has 0 aromatic heterocycles. The highest BCUT2D eigenvalue weighted by molar-refractivity contribution is 6.16. The van der Waals surface area contributed by atoms with Crippen LogP contribution in [0.1, 0.15) is 29.5 Å². The first-order valence-corrected chi connectivity index (χ1v) is 7.92. The third-order valence-corrected chi connectivity index (χ3v) is 4.58. The quantitative estimate of drug-likeness (QED) is 0.862. The monoisotopic (exact) mass is 338 g/mol. The summed E-state index contributed by atoms with van der Waals surface area (Å²) in [7, 11) is 0. The second-order valence-corrected chi connectivity index (χ2v) is 6.02. The van der Waals surface area contributed by atoms with Crippen LogP contribution in [0, 0.1) is 0 Å². The number of rotatable bonds is 1. The topological polar surface area (TPSA) is 78.4 Å². The van der Waals surface area contributed by atoms with Gasteiger partial charge in [-0.2, -0.15) is 5.10 Å². The molecule has 0 radical (unpaired) electrons. The molecule has 1 unspecified atom stereocenters. The minimum Gasteiger partial charge on any atom is -0.454 e. The van der Waals surface area contributed by atoms with Gasteiger partial charge in [-0.25, -0.2) is 5.43 Å². The first-order chi connectivity index (χ1) is 12.2. The van der Waals surface area contributed by atoms with Crippen LogP contribution in [0.4, 0.5) is 0 Å². The highest BCUT2D eigenvalue weighted by Crippen LogP contribution is 2.40. The van der Waals surface area contributed by atoms with Gasteiger partial charge in [0.05, 0.1) is 11.6 Å². The van der Waals surface area contributed by atoms with E-state index in [1.807, 2.05) is 37.3 Å². The molecule has 1 atom stereocenters. The third-order valence-electron chi connectivity index (χ3n) is 4.58. The molecule has 5 rings (SSSR count). The van der Waals surface area contributed by atoms with Crippen molar-refractivity contribution in [3.63, 3.8) is 0 Å². The maximum atomic E-state index is 12.3. The molecule has 0 saturated carbocycles. The van der Waals surface area contributed by atoms with Gasteiger partial charge in [0.25, 0.3) is 0 Å². The lowest BCUT2D eigenvalue weighted by Gasteiger charge is -2.13. The Hall–Kier alpha value is -3.22.